The zero-order valence-electron chi connectivity index (χ0n) is 30.3. The summed E-state index contributed by atoms with van der Waals surface area (Å²) in [5, 5.41) is 6.65. The number of aromatic nitrogens is 5. The average molecular weight is 732 g/mol. The summed E-state index contributed by atoms with van der Waals surface area (Å²) in [5.74, 6) is 1.70. The molecule has 0 atom stereocenters. The summed E-state index contributed by atoms with van der Waals surface area (Å²) in [6.45, 7) is 0. The molecule has 7 nitrogen and oxygen atoms in total. The van der Waals surface area contributed by atoms with Gasteiger partial charge in [-0.3, -0.25) is 4.98 Å². The largest absolute Gasteiger partial charge is 0.456 e. The monoisotopic (exact) mass is 731 g/mol. The van der Waals surface area contributed by atoms with Crippen LogP contribution in [0.4, 0.5) is 0 Å². The Labute approximate surface area is 325 Å². The van der Waals surface area contributed by atoms with E-state index in [1.165, 1.54) is 10.8 Å². The van der Waals surface area contributed by atoms with E-state index in [1.807, 2.05) is 36.4 Å². The molecule has 0 amide bonds. The van der Waals surface area contributed by atoms with Crippen LogP contribution in [0.15, 0.2) is 185 Å². The van der Waals surface area contributed by atoms with Crippen molar-refractivity contribution in [2.24, 2.45) is 0 Å². The van der Waals surface area contributed by atoms with Crippen LogP contribution in [0, 0.1) is 0 Å². The number of fused-ring (bicyclic) bond motifs is 9. The first kappa shape index (κ1) is 31.5. The Morgan fingerprint density at radius 3 is 1.60 bits per heavy atom. The summed E-state index contributed by atoms with van der Waals surface area (Å²) in [6.07, 6.45) is 3.55. The van der Waals surface area contributed by atoms with Gasteiger partial charge in [0, 0.05) is 60.9 Å². The number of hydrogen-bond acceptors (Lipinski definition) is 6. The molecule has 12 rings (SSSR count). The third kappa shape index (κ3) is 5.06. The highest BCUT2D eigenvalue weighted by atomic mass is 16.3. The van der Waals surface area contributed by atoms with E-state index >= 15 is 0 Å². The van der Waals surface area contributed by atoms with Gasteiger partial charge in [0.2, 0.25) is 0 Å². The molecule has 12 aromatic rings. The molecule has 5 aromatic heterocycles. The third-order valence-electron chi connectivity index (χ3n) is 10.9. The molecule has 57 heavy (non-hydrogen) atoms. The number of furan rings is 2. The van der Waals surface area contributed by atoms with E-state index in [1.54, 1.807) is 12.4 Å². The molecule has 0 aliphatic rings. The smallest absolute Gasteiger partial charge is 0.164 e. The van der Waals surface area contributed by atoms with E-state index in [2.05, 4.69) is 137 Å². The highest BCUT2D eigenvalue weighted by Gasteiger charge is 2.18. The van der Waals surface area contributed by atoms with Gasteiger partial charge < -0.3 is 13.4 Å². The molecular formula is C50H29N5O2. The van der Waals surface area contributed by atoms with Crippen molar-refractivity contribution < 1.29 is 8.83 Å². The van der Waals surface area contributed by atoms with Crippen LogP contribution in [0.5, 0.6) is 0 Å². The lowest BCUT2D eigenvalue weighted by Gasteiger charge is -2.12. The quantitative estimate of drug-likeness (QED) is 0.175. The topological polar surface area (TPSA) is 82.8 Å². The summed E-state index contributed by atoms with van der Waals surface area (Å²) in [5.41, 5.74) is 11.2. The molecule has 0 spiro atoms. The molecule has 0 aliphatic heterocycles. The van der Waals surface area contributed by atoms with Crippen LogP contribution < -0.4 is 0 Å². The van der Waals surface area contributed by atoms with Crippen molar-refractivity contribution in [3.63, 3.8) is 0 Å². The van der Waals surface area contributed by atoms with Crippen LogP contribution in [0.25, 0.3) is 117 Å². The van der Waals surface area contributed by atoms with Crippen molar-refractivity contribution in [2.75, 3.05) is 0 Å². The molecule has 7 heteroatoms. The normalized spacial score (nSPS) is 11.9. The van der Waals surface area contributed by atoms with Crippen LogP contribution in [-0.4, -0.2) is 24.5 Å². The fourth-order valence-corrected chi connectivity index (χ4v) is 8.26. The van der Waals surface area contributed by atoms with Crippen molar-refractivity contribution >= 4 is 65.7 Å². The second-order valence-corrected chi connectivity index (χ2v) is 14.3. The molecule has 0 aliphatic carbocycles. The van der Waals surface area contributed by atoms with Gasteiger partial charge in [-0.15, -0.1) is 0 Å². The molecule has 0 fully saturated rings. The predicted molar refractivity (Wildman–Crippen MR) is 228 cm³/mol. The lowest BCUT2D eigenvalue weighted by atomic mass is 10.0. The fourth-order valence-electron chi connectivity index (χ4n) is 8.26. The third-order valence-corrected chi connectivity index (χ3v) is 10.9. The minimum Gasteiger partial charge on any atom is -0.456 e. The minimum absolute atomic E-state index is 0.558. The number of benzene rings is 7. The first-order valence-corrected chi connectivity index (χ1v) is 18.9. The minimum atomic E-state index is 0.558. The fraction of sp³-hybridized carbons (Fsp3) is 0. The predicted octanol–water partition coefficient (Wildman–Crippen LogP) is 12.8. The molecule has 5 heterocycles. The molecule has 0 bridgehead atoms. The highest BCUT2D eigenvalue weighted by Crippen LogP contribution is 2.37. The molecule has 0 N–H and O–H groups in total. The van der Waals surface area contributed by atoms with Gasteiger partial charge in [-0.05, 0) is 77.9 Å². The van der Waals surface area contributed by atoms with E-state index in [9.17, 15) is 0 Å². The summed E-state index contributed by atoms with van der Waals surface area (Å²) in [6, 6.07) is 56.4. The summed E-state index contributed by atoms with van der Waals surface area (Å²) < 4.78 is 14.8. The number of pyridine rings is 1. The maximum Gasteiger partial charge on any atom is 0.164 e. The maximum absolute atomic E-state index is 6.30. The highest BCUT2D eigenvalue weighted by molar-refractivity contribution is 6.09. The van der Waals surface area contributed by atoms with E-state index in [-0.39, 0.29) is 0 Å². The molecule has 0 saturated heterocycles. The molecule has 0 radical (unpaired) electrons. The first-order chi connectivity index (χ1) is 28.2. The SMILES string of the molecule is c1cc(-c2ccc3c(c2)oc2cnccc23)cc(-c2nc(-c3cccc(-n4c5ccccc5c5ccccc54)c3)nc(-c3ccc4c(c3)oc3ccccc34)n2)c1. The Morgan fingerprint density at radius 2 is 0.860 bits per heavy atom. The standard InChI is InChI=1S/C50H29N5O2/c1-4-16-42-36(13-1)37-14-2-5-17-43(37)55(42)35-12-8-11-33(26-35)49-52-48(53-50(54-49)34-20-22-39-38-15-3-6-18-44(38)56-46(39)28-34)32-10-7-9-30(25-32)31-19-21-40-41-23-24-51-29-47(41)57-45(40)27-31/h1-29H. The van der Waals surface area contributed by atoms with Gasteiger partial charge in [0.1, 0.15) is 16.7 Å². The molecule has 7 aromatic carbocycles. The van der Waals surface area contributed by atoms with Crippen molar-refractivity contribution in [3.8, 4) is 51.0 Å². The Hall–Kier alpha value is -7.90. The second-order valence-electron chi connectivity index (χ2n) is 14.3. The van der Waals surface area contributed by atoms with Crippen molar-refractivity contribution in [1.29, 1.82) is 0 Å². The van der Waals surface area contributed by atoms with Gasteiger partial charge in [0.05, 0.1) is 17.2 Å². The van der Waals surface area contributed by atoms with Crippen molar-refractivity contribution in [2.45, 2.75) is 0 Å². The van der Waals surface area contributed by atoms with E-state index in [0.717, 1.165) is 88.4 Å². The Bertz CT molecular complexity index is 3500. The zero-order valence-corrected chi connectivity index (χ0v) is 30.3. The summed E-state index contributed by atoms with van der Waals surface area (Å²) in [4.78, 5) is 19.7. The van der Waals surface area contributed by atoms with E-state index in [4.69, 9.17) is 23.8 Å². The number of nitrogens with zero attached hydrogens (tertiary/aromatic N) is 5. The van der Waals surface area contributed by atoms with Gasteiger partial charge in [-0.1, -0.05) is 97.1 Å². The van der Waals surface area contributed by atoms with Crippen LogP contribution in [0.2, 0.25) is 0 Å². The summed E-state index contributed by atoms with van der Waals surface area (Å²) in [7, 11) is 0. The Kier molecular flexibility index (Phi) is 6.79. The zero-order chi connectivity index (χ0) is 37.5. The van der Waals surface area contributed by atoms with Crippen molar-refractivity contribution in [3.05, 3.63) is 176 Å². The van der Waals surface area contributed by atoms with Crippen LogP contribution in [0.1, 0.15) is 0 Å². The number of hydrogen-bond donors (Lipinski definition) is 0. The second kappa shape index (κ2) is 12.3. The first-order valence-electron chi connectivity index (χ1n) is 18.9. The molecule has 266 valence electrons. The lowest BCUT2D eigenvalue weighted by molar-refractivity contribution is 0.667. The number of para-hydroxylation sites is 3. The van der Waals surface area contributed by atoms with Gasteiger partial charge in [0.15, 0.2) is 23.1 Å². The molecular weight excluding hydrogens is 703 g/mol. The van der Waals surface area contributed by atoms with E-state index in [0.29, 0.717) is 17.5 Å². The molecule has 0 saturated carbocycles. The summed E-state index contributed by atoms with van der Waals surface area (Å²) >= 11 is 0. The lowest BCUT2D eigenvalue weighted by Crippen LogP contribution is -2.01. The van der Waals surface area contributed by atoms with Gasteiger partial charge in [0.25, 0.3) is 0 Å². The Balaban J connectivity index is 1.03. The van der Waals surface area contributed by atoms with Gasteiger partial charge in [-0.25, -0.2) is 15.0 Å². The van der Waals surface area contributed by atoms with Crippen LogP contribution in [0.3, 0.4) is 0 Å². The molecule has 0 unspecified atom stereocenters. The average Bonchev–Trinajstić information content (AvgIpc) is 3.95. The van der Waals surface area contributed by atoms with Gasteiger partial charge in [-0.2, -0.15) is 0 Å². The van der Waals surface area contributed by atoms with Crippen LogP contribution >= 0.6 is 0 Å². The van der Waals surface area contributed by atoms with Crippen molar-refractivity contribution in [1.82, 2.24) is 24.5 Å². The number of rotatable bonds is 5. The Morgan fingerprint density at radius 1 is 0.351 bits per heavy atom. The maximum atomic E-state index is 6.30. The van der Waals surface area contributed by atoms with E-state index < -0.39 is 0 Å². The van der Waals surface area contributed by atoms with Crippen LogP contribution in [-0.2, 0) is 0 Å². The van der Waals surface area contributed by atoms with Gasteiger partial charge >= 0.3 is 0 Å².